The Labute approximate surface area is 139 Å². The number of hydrogen-bond acceptors (Lipinski definition) is 4. The van der Waals surface area contributed by atoms with Crippen molar-refractivity contribution in [2.24, 2.45) is 0 Å². The molecule has 0 spiro atoms. The van der Waals surface area contributed by atoms with Crippen molar-refractivity contribution < 1.29 is 23.6 Å². The van der Waals surface area contributed by atoms with Gasteiger partial charge in [-0.2, -0.15) is 5.06 Å². The van der Waals surface area contributed by atoms with E-state index in [1.807, 2.05) is 0 Å². The number of rotatable bonds is 2. The highest BCUT2D eigenvalue weighted by Gasteiger charge is 2.43. The maximum absolute atomic E-state index is 13.9. The Hall–Kier alpha value is -2.76. The van der Waals surface area contributed by atoms with Gasteiger partial charge in [0.15, 0.2) is 6.17 Å². The number of carbonyl (C=O) groups excluding carboxylic acids is 2. The highest BCUT2D eigenvalue weighted by Crippen LogP contribution is 2.34. The van der Waals surface area contributed by atoms with Gasteiger partial charge < -0.3 is 4.90 Å². The van der Waals surface area contributed by atoms with Crippen molar-refractivity contribution in [1.29, 1.82) is 0 Å². The highest BCUT2D eigenvalue weighted by molar-refractivity contribution is 7.10. The second-order valence-corrected chi connectivity index (χ2v) is 5.97. The Morgan fingerprint density at radius 2 is 2.04 bits per heavy atom. The molecule has 3 rings (SSSR count). The number of benzene rings is 1. The van der Waals surface area contributed by atoms with Crippen LogP contribution in [0.3, 0.4) is 0 Å². The first-order valence-electron chi connectivity index (χ1n) is 6.75. The average molecular weight is 348 g/mol. The van der Waals surface area contributed by atoms with Crippen LogP contribution in [0.2, 0.25) is 0 Å². The van der Waals surface area contributed by atoms with Crippen LogP contribution < -0.4 is 0 Å². The number of hydrogen-bond donors (Lipinski definition) is 1. The standard InChI is InChI=1S/C16H10F2N2O3S/c1-2-9-6-12(24-8-9)15-19(7-13(21)20(15)23)16(22)14-10(17)4-3-5-11(14)18/h1,3-6,8,15,23H,7H2. The van der Waals surface area contributed by atoms with E-state index in [1.165, 1.54) is 6.07 Å². The quantitative estimate of drug-likeness (QED) is 0.670. The smallest absolute Gasteiger partial charge is 0.268 e. The minimum atomic E-state index is -1.18. The lowest BCUT2D eigenvalue weighted by atomic mass is 10.1. The predicted octanol–water partition coefficient (Wildman–Crippen LogP) is 2.38. The monoisotopic (exact) mass is 348 g/mol. The second kappa shape index (κ2) is 6.03. The average Bonchev–Trinajstić information content (AvgIpc) is 3.12. The first-order chi connectivity index (χ1) is 11.4. The van der Waals surface area contributed by atoms with Crippen LogP contribution in [-0.2, 0) is 4.79 Å². The lowest BCUT2D eigenvalue weighted by molar-refractivity contribution is -0.168. The van der Waals surface area contributed by atoms with Crippen LogP contribution in [0, 0.1) is 24.0 Å². The molecule has 1 atom stereocenters. The molecule has 0 bridgehead atoms. The molecule has 122 valence electrons. The molecule has 1 unspecified atom stereocenters. The fourth-order valence-corrected chi connectivity index (χ4v) is 3.38. The minimum absolute atomic E-state index is 0.364. The number of nitrogens with zero attached hydrogens (tertiary/aromatic N) is 2. The number of halogens is 2. The normalized spacial score (nSPS) is 17.2. The van der Waals surface area contributed by atoms with Crippen LogP contribution in [0.5, 0.6) is 0 Å². The van der Waals surface area contributed by atoms with Gasteiger partial charge >= 0.3 is 0 Å². The zero-order valence-corrected chi connectivity index (χ0v) is 12.9. The van der Waals surface area contributed by atoms with Crippen molar-refractivity contribution >= 4 is 23.2 Å². The molecule has 1 aromatic carbocycles. The topological polar surface area (TPSA) is 60.9 Å². The molecule has 1 aliphatic heterocycles. The molecular weight excluding hydrogens is 338 g/mol. The van der Waals surface area contributed by atoms with E-state index in [2.05, 4.69) is 5.92 Å². The Balaban J connectivity index is 2.03. The Morgan fingerprint density at radius 3 is 2.62 bits per heavy atom. The van der Waals surface area contributed by atoms with Gasteiger partial charge in [-0.25, -0.2) is 8.78 Å². The predicted molar refractivity (Wildman–Crippen MR) is 81.0 cm³/mol. The second-order valence-electron chi connectivity index (χ2n) is 5.02. The molecular formula is C16H10F2N2O3S. The molecule has 1 aromatic heterocycles. The number of carbonyl (C=O) groups is 2. The maximum Gasteiger partial charge on any atom is 0.268 e. The lowest BCUT2D eigenvalue weighted by Crippen LogP contribution is -2.34. The summed E-state index contributed by atoms with van der Waals surface area (Å²) in [5.41, 5.74) is -0.272. The van der Waals surface area contributed by atoms with Gasteiger partial charge in [0.25, 0.3) is 11.8 Å². The fraction of sp³-hybridized carbons (Fsp3) is 0.125. The lowest BCUT2D eigenvalue weighted by Gasteiger charge is -2.25. The molecule has 2 aromatic rings. The van der Waals surface area contributed by atoms with E-state index in [9.17, 15) is 23.6 Å². The number of thiophene rings is 1. The molecule has 0 radical (unpaired) electrons. The first kappa shape index (κ1) is 16.1. The maximum atomic E-state index is 13.9. The molecule has 1 N–H and O–H groups in total. The van der Waals surface area contributed by atoms with Crippen LogP contribution in [-0.4, -0.2) is 33.5 Å². The van der Waals surface area contributed by atoms with E-state index in [4.69, 9.17) is 6.42 Å². The summed E-state index contributed by atoms with van der Waals surface area (Å²) in [6.45, 7) is -0.503. The fourth-order valence-electron chi connectivity index (χ4n) is 2.44. The van der Waals surface area contributed by atoms with Gasteiger partial charge in [0.2, 0.25) is 0 Å². The minimum Gasteiger partial charge on any atom is -0.302 e. The molecule has 5 nitrogen and oxygen atoms in total. The van der Waals surface area contributed by atoms with E-state index in [1.54, 1.807) is 5.38 Å². The summed E-state index contributed by atoms with van der Waals surface area (Å²) in [4.78, 5) is 25.7. The van der Waals surface area contributed by atoms with E-state index in [0.717, 1.165) is 34.4 Å². The first-order valence-corrected chi connectivity index (χ1v) is 7.63. The van der Waals surface area contributed by atoms with Crippen LogP contribution in [0.4, 0.5) is 8.78 Å². The van der Waals surface area contributed by atoms with E-state index >= 15 is 0 Å². The van der Waals surface area contributed by atoms with E-state index in [-0.39, 0.29) is 0 Å². The molecule has 0 aliphatic carbocycles. The summed E-state index contributed by atoms with van der Waals surface area (Å²) in [5, 5.41) is 11.9. The third-order valence-corrected chi connectivity index (χ3v) is 4.54. The summed E-state index contributed by atoms with van der Waals surface area (Å²) in [6, 6.07) is 4.54. The Kier molecular flexibility index (Phi) is 4.05. The van der Waals surface area contributed by atoms with Gasteiger partial charge in [-0.15, -0.1) is 17.8 Å². The molecule has 1 fully saturated rings. The Morgan fingerprint density at radius 1 is 1.38 bits per heavy atom. The van der Waals surface area contributed by atoms with Crippen LogP contribution >= 0.6 is 11.3 Å². The van der Waals surface area contributed by atoms with Crippen LogP contribution in [0.1, 0.15) is 27.0 Å². The molecule has 2 heterocycles. The van der Waals surface area contributed by atoms with Gasteiger partial charge in [0.05, 0.1) is 4.88 Å². The van der Waals surface area contributed by atoms with Gasteiger partial charge in [-0.1, -0.05) is 12.0 Å². The molecule has 0 saturated carbocycles. The van der Waals surface area contributed by atoms with E-state index < -0.39 is 41.7 Å². The third-order valence-electron chi connectivity index (χ3n) is 3.57. The van der Waals surface area contributed by atoms with Crippen molar-refractivity contribution in [3.63, 3.8) is 0 Å². The number of amides is 2. The van der Waals surface area contributed by atoms with Crippen molar-refractivity contribution in [1.82, 2.24) is 9.96 Å². The Bertz CT molecular complexity index is 854. The molecule has 8 heteroatoms. The van der Waals surface area contributed by atoms with Gasteiger partial charge in [-0.3, -0.25) is 14.8 Å². The molecule has 2 amide bonds. The van der Waals surface area contributed by atoms with Crippen LogP contribution in [0.15, 0.2) is 29.6 Å². The third kappa shape index (κ3) is 2.54. The summed E-state index contributed by atoms with van der Waals surface area (Å²) >= 11 is 1.12. The summed E-state index contributed by atoms with van der Waals surface area (Å²) in [6.07, 6.45) is 4.10. The largest absolute Gasteiger partial charge is 0.302 e. The zero-order valence-electron chi connectivity index (χ0n) is 12.1. The van der Waals surface area contributed by atoms with Crippen molar-refractivity contribution in [3.05, 3.63) is 57.3 Å². The summed E-state index contributed by atoms with van der Waals surface area (Å²) < 4.78 is 27.7. The number of terminal acetylenes is 1. The van der Waals surface area contributed by atoms with Crippen LogP contribution in [0.25, 0.3) is 0 Å². The SMILES string of the molecule is C#Cc1csc(C2N(O)C(=O)CN2C(=O)c2c(F)cccc2F)c1. The van der Waals surface area contributed by atoms with Gasteiger partial charge in [0.1, 0.15) is 23.7 Å². The van der Waals surface area contributed by atoms with Crippen molar-refractivity contribution in [2.75, 3.05) is 6.54 Å². The van der Waals surface area contributed by atoms with Gasteiger partial charge in [-0.05, 0) is 18.2 Å². The molecule has 1 saturated heterocycles. The summed E-state index contributed by atoms with van der Waals surface area (Å²) in [5.74, 6) is -1.49. The van der Waals surface area contributed by atoms with Crippen molar-refractivity contribution in [2.45, 2.75) is 6.17 Å². The molecule has 1 aliphatic rings. The highest BCUT2D eigenvalue weighted by atomic mass is 32.1. The summed E-state index contributed by atoms with van der Waals surface area (Å²) in [7, 11) is 0. The van der Waals surface area contributed by atoms with E-state index in [0.29, 0.717) is 15.5 Å². The van der Waals surface area contributed by atoms with Crippen molar-refractivity contribution in [3.8, 4) is 12.3 Å². The number of hydroxylamine groups is 2. The zero-order chi connectivity index (χ0) is 17.4. The molecule has 24 heavy (non-hydrogen) atoms. The van der Waals surface area contributed by atoms with Gasteiger partial charge in [0, 0.05) is 10.9 Å².